The number of hydrogen-bond acceptors (Lipinski definition) is 3. The second kappa shape index (κ2) is 5.71. The molecule has 3 aromatic rings. The average molecular weight is 399 g/mol. The number of phenolic OH excluding ortho intramolecular Hbond substituents is 1. The second-order valence-electron chi connectivity index (χ2n) is 6.07. The van der Waals surface area contributed by atoms with E-state index in [0.29, 0.717) is 26.4 Å². The van der Waals surface area contributed by atoms with Crippen LogP contribution in [0.4, 0.5) is 4.39 Å². The lowest BCUT2D eigenvalue weighted by molar-refractivity contribution is 0.473. The van der Waals surface area contributed by atoms with Crippen molar-refractivity contribution in [3.05, 3.63) is 62.7 Å². The van der Waals surface area contributed by atoms with Gasteiger partial charge < -0.3 is 5.11 Å². The Hall–Kier alpha value is -2.65. The molecule has 0 aliphatic heterocycles. The van der Waals surface area contributed by atoms with E-state index in [4.69, 9.17) is 0 Å². The number of halogens is 2. The van der Waals surface area contributed by atoms with Crippen LogP contribution in [0.15, 0.2) is 45.7 Å². The molecule has 0 bridgehead atoms. The summed E-state index contributed by atoms with van der Waals surface area (Å²) in [4.78, 5) is 12.9. The highest BCUT2D eigenvalue weighted by Gasteiger charge is 2.31. The first-order valence-electron chi connectivity index (χ1n) is 7.78. The molecule has 0 amide bonds. The van der Waals surface area contributed by atoms with E-state index in [0.717, 1.165) is 12.8 Å². The van der Waals surface area contributed by atoms with E-state index < -0.39 is 5.82 Å². The lowest BCUT2D eigenvalue weighted by atomic mass is 9.96. The van der Waals surface area contributed by atoms with Gasteiger partial charge in [-0.1, -0.05) is 12.1 Å². The molecule has 25 heavy (non-hydrogen) atoms. The molecule has 1 aliphatic rings. The maximum Gasteiger partial charge on any atom is 0.259 e. The van der Waals surface area contributed by atoms with Crippen LogP contribution in [-0.4, -0.2) is 9.67 Å². The summed E-state index contributed by atoms with van der Waals surface area (Å²) in [5.74, 6) is -0.479. The Morgan fingerprint density at radius 1 is 1.28 bits per heavy atom. The predicted molar refractivity (Wildman–Crippen MR) is 96.0 cm³/mol. The van der Waals surface area contributed by atoms with Crippen molar-refractivity contribution in [3.63, 3.8) is 0 Å². The number of aromatic nitrogens is 1. The van der Waals surface area contributed by atoms with Gasteiger partial charge in [0, 0.05) is 22.4 Å². The van der Waals surface area contributed by atoms with Crippen molar-refractivity contribution in [3.8, 4) is 22.9 Å². The van der Waals surface area contributed by atoms with Crippen molar-refractivity contribution in [1.82, 2.24) is 4.57 Å². The molecule has 1 aromatic heterocycles. The first kappa shape index (κ1) is 15.9. The van der Waals surface area contributed by atoms with E-state index in [1.807, 2.05) is 0 Å². The number of aromatic hydroxyl groups is 1. The zero-order chi connectivity index (χ0) is 17.7. The standard InChI is InChI=1S/C19H12BrFN2O2/c20-18-15(24)7-6-13-17(18)16(10-2-1-3-11(21)8-10)14(9-22)23(19(13)25)12-4-5-12/h1-3,6-8,12,24H,4-5H2. The van der Waals surface area contributed by atoms with Crippen LogP contribution < -0.4 is 5.56 Å². The number of pyridine rings is 1. The summed E-state index contributed by atoms with van der Waals surface area (Å²) < 4.78 is 15.6. The molecule has 1 N–H and O–H groups in total. The van der Waals surface area contributed by atoms with E-state index in [1.165, 1.54) is 22.8 Å². The van der Waals surface area contributed by atoms with Crippen molar-refractivity contribution >= 4 is 26.7 Å². The van der Waals surface area contributed by atoms with Gasteiger partial charge >= 0.3 is 0 Å². The average Bonchev–Trinajstić information content (AvgIpc) is 3.42. The summed E-state index contributed by atoms with van der Waals surface area (Å²) >= 11 is 3.32. The van der Waals surface area contributed by atoms with Crippen LogP contribution in [-0.2, 0) is 0 Å². The third-order valence-electron chi connectivity index (χ3n) is 4.43. The Bertz CT molecular complexity index is 1130. The van der Waals surface area contributed by atoms with Crippen molar-refractivity contribution in [2.24, 2.45) is 0 Å². The molecular weight excluding hydrogens is 387 g/mol. The van der Waals surface area contributed by atoms with Crippen LogP contribution in [0, 0.1) is 17.1 Å². The first-order valence-corrected chi connectivity index (χ1v) is 8.58. The molecule has 1 saturated carbocycles. The molecule has 4 nitrogen and oxygen atoms in total. The van der Waals surface area contributed by atoms with Gasteiger partial charge in [0.1, 0.15) is 23.3 Å². The van der Waals surface area contributed by atoms with Gasteiger partial charge in [-0.05, 0) is 58.6 Å². The Morgan fingerprint density at radius 3 is 2.68 bits per heavy atom. The fourth-order valence-corrected chi connectivity index (χ4v) is 3.72. The quantitative estimate of drug-likeness (QED) is 0.691. The van der Waals surface area contributed by atoms with E-state index >= 15 is 0 Å². The van der Waals surface area contributed by atoms with Crippen molar-refractivity contribution in [2.75, 3.05) is 0 Å². The molecular formula is C19H12BrFN2O2. The third kappa shape index (κ3) is 2.43. The van der Waals surface area contributed by atoms with Gasteiger partial charge in [-0.15, -0.1) is 0 Å². The summed E-state index contributed by atoms with van der Waals surface area (Å²) in [7, 11) is 0. The fourth-order valence-electron chi connectivity index (χ4n) is 3.17. The number of nitrogens with zero attached hydrogens (tertiary/aromatic N) is 2. The highest BCUT2D eigenvalue weighted by molar-refractivity contribution is 9.10. The predicted octanol–water partition coefficient (Wildman–Crippen LogP) is 4.48. The van der Waals surface area contributed by atoms with Crippen LogP contribution in [0.2, 0.25) is 0 Å². The molecule has 1 aliphatic carbocycles. The Balaban J connectivity index is 2.26. The molecule has 0 saturated heterocycles. The summed E-state index contributed by atoms with van der Waals surface area (Å²) in [6, 6.07) is 11.0. The summed E-state index contributed by atoms with van der Waals surface area (Å²) in [5, 5.41) is 20.6. The monoisotopic (exact) mass is 398 g/mol. The Morgan fingerprint density at radius 2 is 2.04 bits per heavy atom. The van der Waals surface area contributed by atoms with Crippen LogP contribution in [0.25, 0.3) is 21.9 Å². The van der Waals surface area contributed by atoms with Crippen molar-refractivity contribution in [2.45, 2.75) is 18.9 Å². The normalized spacial score (nSPS) is 13.8. The van der Waals surface area contributed by atoms with Gasteiger partial charge in [0.05, 0.1) is 4.47 Å². The molecule has 4 rings (SSSR count). The van der Waals surface area contributed by atoms with Crippen LogP contribution >= 0.6 is 15.9 Å². The molecule has 6 heteroatoms. The number of hydrogen-bond donors (Lipinski definition) is 1. The summed E-state index contributed by atoms with van der Waals surface area (Å²) in [5.41, 5.74) is 0.861. The fraction of sp³-hybridized carbons (Fsp3) is 0.158. The number of phenols is 1. The minimum atomic E-state index is -0.435. The minimum absolute atomic E-state index is 0.00793. The molecule has 0 unspecified atom stereocenters. The minimum Gasteiger partial charge on any atom is -0.507 e. The number of benzene rings is 2. The SMILES string of the molecule is N#Cc1c(-c2cccc(F)c2)c2c(Br)c(O)ccc2c(=O)n1C1CC1. The van der Waals surface area contributed by atoms with Gasteiger partial charge in [-0.25, -0.2) is 4.39 Å². The number of fused-ring (bicyclic) bond motifs is 1. The molecule has 0 radical (unpaired) electrons. The number of rotatable bonds is 2. The molecule has 0 spiro atoms. The van der Waals surface area contributed by atoms with Gasteiger partial charge in [0.15, 0.2) is 0 Å². The molecule has 2 aromatic carbocycles. The van der Waals surface area contributed by atoms with E-state index in [9.17, 15) is 19.6 Å². The van der Waals surface area contributed by atoms with E-state index in [1.54, 1.807) is 18.2 Å². The maximum absolute atomic E-state index is 13.8. The van der Waals surface area contributed by atoms with Gasteiger partial charge in [0.2, 0.25) is 0 Å². The molecule has 1 fully saturated rings. The second-order valence-corrected chi connectivity index (χ2v) is 6.87. The van der Waals surface area contributed by atoms with Gasteiger partial charge in [-0.3, -0.25) is 9.36 Å². The first-order chi connectivity index (χ1) is 12.0. The molecule has 1 heterocycles. The van der Waals surface area contributed by atoms with Crippen LogP contribution in [0.3, 0.4) is 0 Å². The zero-order valence-electron chi connectivity index (χ0n) is 13.0. The Labute approximate surface area is 150 Å². The Kier molecular flexibility index (Phi) is 3.62. The third-order valence-corrected chi connectivity index (χ3v) is 5.23. The molecule has 124 valence electrons. The zero-order valence-corrected chi connectivity index (χ0v) is 14.5. The number of nitriles is 1. The van der Waals surface area contributed by atoms with Crippen LogP contribution in [0.5, 0.6) is 5.75 Å². The topological polar surface area (TPSA) is 66.0 Å². The lowest BCUT2D eigenvalue weighted by Gasteiger charge is -2.17. The highest BCUT2D eigenvalue weighted by Crippen LogP contribution is 2.42. The lowest BCUT2D eigenvalue weighted by Crippen LogP contribution is -2.23. The molecule has 0 atom stereocenters. The smallest absolute Gasteiger partial charge is 0.259 e. The van der Waals surface area contributed by atoms with Crippen molar-refractivity contribution < 1.29 is 9.50 Å². The largest absolute Gasteiger partial charge is 0.507 e. The van der Waals surface area contributed by atoms with Gasteiger partial charge in [0.25, 0.3) is 5.56 Å². The highest BCUT2D eigenvalue weighted by atomic mass is 79.9. The van der Waals surface area contributed by atoms with E-state index in [2.05, 4.69) is 22.0 Å². The van der Waals surface area contributed by atoms with Crippen molar-refractivity contribution in [1.29, 1.82) is 5.26 Å². The van der Waals surface area contributed by atoms with Crippen LogP contribution in [0.1, 0.15) is 24.6 Å². The summed E-state index contributed by atoms with van der Waals surface area (Å²) in [6.45, 7) is 0. The van der Waals surface area contributed by atoms with Gasteiger partial charge in [-0.2, -0.15) is 5.26 Å². The maximum atomic E-state index is 13.8. The summed E-state index contributed by atoms with van der Waals surface area (Å²) in [6.07, 6.45) is 1.67. The van der Waals surface area contributed by atoms with E-state index in [-0.39, 0.29) is 23.0 Å².